The van der Waals surface area contributed by atoms with Crippen molar-refractivity contribution in [3.8, 4) is 5.75 Å². The Morgan fingerprint density at radius 3 is 2.67 bits per heavy atom. The largest absolute Gasteiger partial charge is 0.505 e. The van der Waals surface area contributed by atoms with Crippen LogP contribution in [0.4, 0.5) is 0 Å². The molecule has 110 valence electrons. The van der Waals surface area contributed by atoms with Gasteiger partial charge < -0.3 is 14.9 Å². The van der Waals surface area contributed by atoms with E-state index in [1.807, 2.05) is 30.3 Å². The van der Waals surface area contributed by atoms with Crippen molar-refractivity contribution in [3.05, 3.63) is 58.9 Å². The molecule has 0 radical (unpaired) electrons. The zero-order valence-electron chi connectivity index (χ0n) is 11.7. The number of ether oxygens (including phenoxy) is 1. The van der Waals surface area contributed by atoms with Gasteiger partial charge in [-0.2, -0.15) is 0 Å². The van der Waals surface area contributed by atoms with E-state index in [4.69, 9.17) is 9.84 Å². The topological polar surface area (TPSA) is 79.7 Å². The summed E-state index contributed by atoms with van der Waals surface area (Å²) in [6.45, 7) is 2.57. The van der Waals surface area contributed by atoms with Gasteiger partial charge in [0.25, 0.3) is 0 Å². The van der Waals surface area contributed by atoms with E-state index < -0.39 is 5.97 Å². The van der Waals surface area contributed by atoms with Crippen molar-refractivity contribution in [2.75, 3.05) is 6.61 Å². The Morgan fingerprint density at radius 1 is 1.29 bits per heavy atom. The highest BCUT2D eigenvalue weighted by Crippen LogP contribution is 2.22. The van der Waals surface area contributed by atoms with Crippen LogP contribution in [0.3, 0.4) is 0 Å². The number of rotatable bonds is 6. The van der Waals surface area contributed by atoms with Crippen LogP contribution < -0.4 is 0 Å². The molecule has 0 unspecified atom stereocenters. The number of carboxylic acid groups (broad SMARTS) is 1. The molecule has 2 N–H and O–H groups in total. The summed E-state index contributed by atoms with van der Waals surface area (Å²) in [7, 11) is 0. The summed E-state index contributed by atoms with van der Waals surface area (Å²) in [6, 6.07) is 11.4. The van der Waals surface area contributed by atoms with Crippen molar-refractivity contribution in [1.82, 2.24) is 4.98 Å². The van der Waals surface area contributed by atoms with Crippen LogP contribution in [0.25, 0.3) is 0 Å². The van der Waals surface area contributed by atoms with Gasteiger partial charge in [0.1, 0.15) is 0 Å². The highest BCUT2D eigenvalue weighted by Gasteiger charge is 2.16. The summed E-state index contributed by atoms with van der Waals surface area (Å²) in [6.07, 6.45) is 0.433. The number of aryl methyl sites for hydroxylation is 1. The van der Waals surface area contributed by atoms with Gasteiger partial charge in [0.05, 0.1) is 13.2 Å². The lowest BCUT2D eigenvalue weighted by atomic mass is 10.1. The number of benzene rings is 1. The third-order valence-electron chi connectivity index (χ3n) is 3.03. The number of carbonyl (C=O) groups is 1. The molecule has 5 nitrogen and oxygen atoms in total. The van der Waals surface area contributed by atoms with Crippen LogP contribution in [0.2, 0.25) is 0 Å². The van der Waals surface area contributed by atoms with Crippen molar-refractivity contribution < 1.29 is 19.7 Å². The number of nitrogens with zero attached hydrogens (tertiary/aromatic N) is 1. The van der Waals surface area contributed by atoms with Crippen molar-refractivity contribution in [2.24, 2.45) is 0 Å². The van der Waals surface area contributed by atoms with Crippen LogP contribution in [0.1, 0.15) is 27.3 Å². The van der Waals surface area contributed by atoms with Crippen LogP contribution in [-0.2, 0) is 17.8 Å². The fourth-order valence-corrected chi connectivity index (χ4v) is 2.02. The van der Waals surface area contributed by atoms with E-state index in [2.05, 4.69) is 4.98 Å². The smallest absolute Gasteiger partial charge is 0.358 e. The molecule has 0 spiro atoms. The van der Waals surface area contributed by atoms with E-state index in [9.17, 15) is 9.90 Å². The van der Waals surface area contributed by atoms with E-state index in [0.717, 1.165) is 5.56 Å². The summed E-state index contributed by atoms with van der Waals surface area (Å²) in [5.74, 6) is -1.51. The summed E-state index contributed by atoms with van der Waals surface area (Å²) >= 11 is 0. The Kier molecular flexibility index (Phi) is 4.90. The van der Waals surface area contributed by atoms with E-state index in [0.29, 0.717) is 30.9 Å². The van der Waals surface area contributed by atoms with E-state index >= 15 is 0 Å². The lowest BCUT2D eigenvalue weighted by Crippen LogP contribution is -2.06. The van der Waals surface area contributed by atoms with Gasteiger partial charge >= 0.3 is 5.97 Å². The first-order valence-electron chi connectivity index (χ1n) is 6.62. The second-order valence-electron chi connectivity index (χ2n) is 4.71. The maximum absolute atomic E-state index is 11.0. The first-order valence-corrected chi connectivity index (χ1v) is 6.62. The Balaban J connectivity index is 1.96. The molecule has 0 atom stereocenters. The quantitative estimate of drug-likeness (QED) is 0.798. The number of aromatic carboxylic acids is 1. The molecule has 0 aliphatic rings. The average Bonchev–Trinajstić information content (AvgIpc) is 2.47. The molecular weight excluding hydrogens is 270 g/mol. The standard InChI is InChI=1S/C16H17NO4/c1-11-9-13(15(18)14(17-11)16(19)20)7-8-21-10-12-5-3-2-4-6-12/h2-6,9,18H,7-8,10H2,1H3,(H,19,20). The zero-order chi connectivity index (χ0) is 15.2. The number of pyridine rings is 1. The van der Waals surface area contributed by atoms with Crippen LogP contribution in [0, 0.1) is 6.92 Å². The summed E-state index contributed by atoms with van der Waals surface area (Å²) in [5, 5.41) is 18.9. The minimum absolute atomic E-state index is 0.281. The highest BCUT2D eigenvalue weighted by molar-refractivity contribution is 5.89. The van der Waals surface area contributed by atoms with Crippen LogP contribution in [0.5, 0.6) is 5.75 Å². The van der Waals surface area contributed by atoms with Gasteiger partial charge in [-0.15, -0.1) is 0 Å². The molecule has 0 amide bonds. The van der Waals surface area contributed by atoms with E-state index in [1.165, 1.54) is 0 Å². The Bertz CT molecular complexity index is 626. The lowest BCUT2D eigenvalue weighted by Gasteiger charge is -2.09. The third-order valence-corrected chi connectivity index (χ3v) is 3.03. The fraction of sp³-hybridized carbons (Fsp3) is 0.250. The van der Waals surface area contributed by atoms with Crippen LogP contribution >= 0.6 is 0 Å². The van der Waals surface area contributed by atoms with E-state index in [1.54, 1.807) is 13.0 Å². The monoisotopic (exact) mass is 287 g/mol. The molecule has 0 saturated heterocycles. The first-order chi connectivity index (χ1) is 10.1. The molecule has 0 aliphatic carbocycles. The van der Waals surface area contributed by atoms with Crippen molar-refractivity contribution in [2.45, 2.75) is 20.0 Å². The average molecular weight is 287 g/mol. The molecule has 1 heterocycles. The SMILES string of the molecule is Cc1cc(CCOCc2ccccc2)c(O)c(C(=O)O)n1. The van der Waals surface area contributed by atoms with Gasteiger partial charge in [-0.1, -0.05) is 30.3 Å². The highest BCUT2D eigenvalue weighted by atomic mass is 16.5. The number of aromatic hydroxyl groups is 1. The number of carboxylic acids is 1. The Labute approximate surface area is 122 Å². The molecule has 5 heteroatoms. The second kappa shape index (κ2) is 6.85. The van der Waals surface area contributed by atoms with Gasteiger partial charge in [-0.25, -0.2) is 9.78 Å². The van der Waals surface area contributed by atoms with Crippen molar-refractivity contribution >= 4 is 5.97 Å². The predicted molar refractivity (Wildman–Crippen MR) is 77.4 cm³/mol. The van der Waals surface area contributed by atoms with Gasteiger partial charge in [0.2, 0.25) is 0 Å². The maximum Gasteiger partial charge on any atom is 0.358 e. The molecule has 0 fully saturated rings. The molecule has 21 heavy (non-hydrogen) atoms. The van der Waals surface area contributed by atoms with Gasteiger partial charge in [0.15, 0.2) is 11.4 Å². The second-order valence-corrected chi connectivity index (χ2v) is 4.71. The normalized spacial score (nSPS) is 10.5. The van der Waals surface area contributed by atoms with Gasteiger partial charge in [-0.05, 0) is 25.0 Å². The van der Waals surface area contributed by atoms with Crippen molar-refractivity contribution in [1.29, 1.82) is 0 Å². The summed E-state index contributed by atoms with van der Waals surface area (Å²) < 4.78 is 5.54. The lowest BCUT2D eigenvalue weighted by molar-refractivity contribution is 0.0686. The zero-order valence-corrected chi connectivity index (χ0v) is 11.7. The van der Waals surface area contributed by atoms with Crippen LogP contribution in [-0.4, -0.2) is 27.8 Å². The molecule has 2 aromatic rings. The molecule has 2 rings (SSSR count). The summed E-state index contributed by atoms with van der Waals surface area (Å²) in [4.78, 5) is 14.8. The minimum Gasteiger partial charge on any atom is -0.505 e. The Morgan fingerprint density at radius 2 is 2.00 bits per heavy atom. The maximum atomic E-state index is 11.0. The number of hydrogen-bond donors (Lipinski definition) is 2. The fourth-order valence-electron chi connectivity index (χ4n) is 2.02. The molecule has 0 saturated carbocycles. The molecule has 0 aliphatic heterocycles. The predicted octanol–water partition coefficient (Wildman–Crippen LogP) is 2.55. The Hall–Kier alpha value is -2.40. The van der Waals surface area contributed by atoms with Gasteiger partial charge in [-0.3, -0.25) is 0 Å². The number of hydrogen-bond acceptors (Lipinski definition) is 4. The van der Waals surface area contributed by atoms with E-state index in [-0.39, 0.29) is 11.4 Å². The minimum atomic E-state index is -1.23. The van der Waals surface area contributed by atoms with Gasteiger partial charge in [0, 0.05) is 11.3 Å². The van der Waals surface area contributed by atoms with Crippen LogP contribution in [0.15, 0.2) is 36.4 Å². The molecule has 1 aromatic carbocycles. The molecule has 1 aromatic heterocycles. The first kappa shape index (κ1) is 15.0. The summed E-state index contributed by atoms with van der Waals surface area (Å²) in [5.41, 5.74) is 1.85. The number of aromatic nitrogens is 1. The third kappa shape index (κ3) is 4.03. The molecular formula is C16H17NO4. The molecule has 0 bridgehead atoms. The van der Waals surface area contributed by atoms with Crippen molar-refractivity contribution in [3.63, 3.8) is 0 Å².